The summed E-state index contributed by atoms with van der Waals surface area (Å²) in [7, 11) is 0. The molecule has 2 rings (SSSR count). The van der Waals surface area contributed by atoms with Gasteiger partial charge in [0.25, 0.3) is 5.69 Å². The minimum Gasteiger partial charge on any atom is -0.478 e. The van der Waals surface area contributed by atoms with Crippen molar-refractivity contribution >= 4 is 23.2 Å². The van der Waals surface area contributed by atoms with Crippen LogP contribution in [0, 0.1) is 21.7 Å². The van der Waals surface area contributed by atoms with Crippen molar-refractivity contribution in [3.63, 3.8) is 0 Å². The number of aromatic carboxylic acids is 1. The number of halogens is 2. The van der Waals surface area contributed by atoms with E-state index in [4.69, 9.17) is 5.11 Å². The molecule has 0 radical (unpaired) electrons. The van der Waals surface area contributed by atoms with Crippen molar-refractivity contribution in [2.24, 2.45) is 0 Å². The molecule has 9 heteroatoms. The average molecular weight is 295 g/mol. The number of pyridine rings is 1. The van der Waals surface area contributed by atoms with Crippen LogP contribution in [0.5, 0.6) is 0 Å². The van der Waals surface area contributed by atoms with Gasteiger partial charge in [0.1, 0.15) is 29.2 Å². The molecule has 1 heterocycles. The van der Waals surface area contributed by atoms with Crippen LogP contribution in [0.1, 0.15) is 10.4 Å². The summed E-state index contributed by atoms with van der Waals surface area (Å²) in [6.45, 7) is 0. The molecule has 0 amide bonds. The van der Waals surface area contributed by atoms with E-state index in [2.05, 4.69) is 10.3 Å². The monoisotopic (exact) mass is 295 g/mol. The molecule has 2 N–H and O–H groups in total. The van der Waals surface area contributed by atoms with Gasteiger partial charge in [0, 0.05) is 17.8 Å². The van der Waals surface area contributed by atoms with Gasteiger partial charge in [0.2, 0.25) is 0 Å². The lowest BCUT2D eigenvalue weighted by Crippen LogP contribution is -2.06. The van der Waals surface area contributed by atoms with Crippen molar-refractivity contribution in [3.05, 3.63) is 57.8 Å². The lowest BCUT2D eigenvalue weighted by Gasteiger charge is -2.08. The Morgan fingerprint density at radius 1 is 1.24 bits per heavy atom. The fourth-order valence-corrected chi connectivity index (χ4v) is 1.58. The second-order valence-corrected chi connectivity index (χ2v) is 3.94. The molecule has 0 aliphatic rings. The van der Waals surface area contributed by atoms with Gasteiger partial charge in [-0.25, -0.2) is 18.6 Å². The van der Waals surface area contributed by atoms with Crippen LogP contribution >= 0.6 is 0 Å². The number of nitrogens with one attached hydrogen (secondary N) is 1. The summed E-state index contributed by atoms with van der Waals surface area (Å²) in [5, 5.41) is 22.0. The van der Waals surface area contributed by atoms with Gasteiger partial charge in [0.05, 0.1) is 4.92 Å². The third-order valence-corrected chi connectivity index (χ3v) is 2.44. The Labute approximate surface area is 116 Å². The Kier molecular flexibility index (Phi) is 3.74. The number of nitrogens with zero attached hydrogens (tertiary/aromatic N) is 2. The van der Waals surface area contributed by atoms with Gasteiger partial charge in [-0.1, -0.05) is 0 Å². The first-order valence-corrected chi connectivity index (χ1v) is 5.47. The highest BCUT2D eigenvalue weighted by Gasteiger charge is 2.18. The molecular weight excluding hydrogens is 288 g/mol. The molecule has 108 valence electrons. The molecule has 0 saturated heterocycles. The van der Waals surface area contributed by atoms with Crippen molar-refractivity contribution in [3.8, 4) is 0 Å². The summed E-state index contributed by atoms with van der Waals surface area (Å²) in [5.74, 6) is -3.46. The van der Waals surface area contributed by atoms with Crippen molar-refractivity contribution in [2.45, 2.75) is 0 Å². The van der Waals surface area contributed by atoms with Crippen LogP contribution in [0.25, 0.3) is 0 Å². The first-order valence-electron chi connectivity index (χ1n) is 5.47. The number of anilines is 2. The zero-order chi connectivity index (χ0) is 15.6. The Morgan fingerprint density at radius 2 is 1.86 bits per heavy atom. The fraction of sp³-hybridized carbons (Fsp3) is 0. The molecule has 21 heavy (non-hydrogen) atoms. The van der Waals surface area contributed by atoms with Crippen molar-refractivity contribution in [2.75, 3.05) is 5.32 Å². The third kappa shape index (κ3) is 3.26. The number of carboxylic acid groups (broad SMARTS) is 1. The quantitative estimate of drug-likeness (QED) is 0.663. The number of hydrogen-bond acceptors (Lipinski definition) is 5. The van der Waals surface area contributed by atoms with Crippen LogP contribution < -0.4 is 5.32 Å². The second-order valence-electron chi connectivity index (χ2n) is 3.94. The van der Waals surface area contributed by atoms with E-state index in [0.717, 1.165) is 24.4 Å². The van der Waals surface area contributed by atoms with E-state index < -0.39 is 33.8 Å². The van der Waals surface area contributed by atoms with Crippen LogP contribution in [-0.4, -0.2) is 21.0 Å². The van der Waals surface area contributed by atoms with E-state index in [-0.39, 0.29) is 11.5 Å². The maximum absolute atomic E-state index is 13.1. The average Bonchev–Trinajstić information content (AvgIpc) is 2.37. The molecule has 2 aromatic rings. The molecule has 7 nitrogen and oxygen atoms in total. The van der Waals surface area contributed by atoms with Crippen LogP contribution in [0.4, 0.5) is 26.0 Å². The van der Waals surface area contributed by atoms with Crippen molar-refractivity contribution < 1.29 is 23.6 Å². The maximum Gasteiger partial charge on any atom is 0.339 e. The summed E-state index contributed by atoms with van der Waals surface area (Å²) in [6.07, 6.45) is 0.838. The van der Waals surface area contributed by atoms with Gasteiger partial charge in [-0.15, -0.1) is 0 Å². The topological polar surface area (TPSA) is 105 Å². The predicted octanol–water partition coefficient (Wildman–Crippen LogP) is 2.71. The maximum atomic E-state index is 13.1. The second kappa shape index (κ2) is 5.49. The predicted molar refractivity (Wildman–Crippen MR) is 67.5 cm³/mol. The molecule has 1 aromatic carbocycles. The van der Waals surface area contributed by atoms with E-state index in [9.17, 15) is 23.7 Å². The first kappa shape index (κ1) is 14.3. The lowest BCUT2D eigenvalue weighted by atomic mass is 10.2. The summed E-state index contributed by atoms with van der Waals surface area (Å²) in [6, 6.07) is 3.30. The molecule has 0 atom stereocenters. The van der Waals surface area contributed by atoms with Crippen LogP contribution in [0.3, 0.4) is 0 Å². The third-order valence-electron chi connectivity index (χ3n) is 2.44. The molecule has 0 aliphatic heterocycles. The normalized spacial score (nSPS) is 10.2. The van der Waals surface area contributed by atoms with E-state index in [1.165, 1.54) is 0 Å². The SMILES string of the molecule is O=C(O)c1cc([N+](=O)[O-])cnc1Nc1cc(F)cc(F)c1. The number of carbonyl (C=O) groups is 1. The van der Waals surface area contributed by atoms with E-state index in [1.54, 1.807) is 0 Å². The molecule has 0 bridgehead atoms. The summed E-state index contributed by atoms with van der Waals surface area (Å²) in [4.78, 5) is 24.5. The number of aromatic nitrogens is 1. The van der Waals surface area contributed by atoms with Gasteiger partial charge in [-0.3, -0.25) is 10.1 Å². The Bertz CT molecular complexity index is 716. The molecule has 0 unspecified atom stereocenters. The Morgan fingerprint density at radius 3 is 2.38 bits per heavy atom. The zero-order valence-electron chi connectivity index (χ0n) is 10.2. The first-order chi connectivity index (χ1) is 9.86. The summed E-state index contributed by atoms with van der Waals surface area (Å²) >= 11 is 0. The van der Waals surface area contributed by atoms with Crippen molar-refractivity contribution in [1.82, 2.24) is 4.98 Å². The largest absolute Gasteiger partial charge is 0.478 e. The lowest BCUT2D eigenvalue weighted by molar-refractivity contribution is -0.385. The van der Waals surface area contributed by atoms with Gasteiger partial charge in [0.15, 0.2) is 0 Å². The van der Waals surface area contributed by atoms with Crippen LogP contribution in [0.2, 0.25) is 0 Å². The van der Waals surface area contributed by atoms with Crippen LogP contribution in [0.15, 0.2) is 30.5 Å². The zero-order valence-corrected chi connectivity index (χ0v) is 10.2. The Hall–Kier alpha value is -3.10. The highest BCUT2D eigenvalue weighted by atomic mass is 19.1. The molecule has 0 saturated carbocycles. The van der Waals surface area contributed by atoms with Gasteiger partial charge < -0.3 is 10.4 Å². The summed E-state index contributed by atoms with van der Waals surface area (Å²) in [5.41, 5.74) is -1.08. The highest BCUT2D eigenvalue weighted by molar-refractivity contribution is 5.94. The number of hydrogen-bond donors (Lipinski definition) is 2. The number of carboxylic acids is 1. The van der Waals surface area contributed by atoms with Crippen LogP contribution in [-0.2, 0) is 0 Å². The van der Waals surface area contributed by atoms with Gasteiger partial charge in [-0.05, 0) is 12.1 Å². The van der Waals surface area contributed by atoms with Gasteiger partial charge >= 0.3 is 5.97 Å². The molecule has 0 aliphatic carbocycles. The minimum absolute atomic E-state index is 0.0728. The number of nitro groups is 1. The number of benzene rings is 1. The van der Waals surface area contributed by atoms with E-state index >= 15 is 0 Å². The molecular formula is C12H7F2N3O4. The fourth-order valence-electron chi connectivity index (χ4n) is 1.58. The molecule has 0 fully saturated rings. The minimum atomic E-state index is -1.47. The van der Waals surface area contributed by atoms with E-state index in [1.807, 2.05) is 0 Å². The molecule has 1 aromatic heterocycles. The Balaban J connectivity index is 2.43. The standard InChI is InChI=1S/C12H7F2N3O4/c13-6-1-7(14)3-8(2-6)16-11-10(12(18)19)4-9(5-15-11)17(20)21/h1-5H,(H,15,16)(H,18,19). The smallest absolute Gasteiger partial charge is 0.339 e. The summed E-state index contributed by atoms with van der Waals surface area (Å²) < 4.78 is 26.1. The van der Waals surface area contributed by atoms with E-state index in [0.29, 0.717) is 6.07 Å². The molecule has 0 spiro atoms. The number of rotatable bonds is 4. The highest BCUT2D eigenvalue weighted by Crippen LogP contribution is 2.23. The van der Waals surface area contributed by atoms with Gasteiger partial charge in [-0.2, -0.15) is 0 Å². The van der Waals surface area contributed by atoms with Crippen molar-refractivity contribution in [1.29, 1.82) is 0 Å².